The van der Waals surface area contributed by atoms with E-state index in [1.807, 2.05) is 0 Å². The van der Waals surface area contributed by atoms with Gasteiger partial charge in [0.15, 0.2) is 0 Å². The SMILES string of the molecule is N.O=P([O-])([O-])[O-].[K+].[Li+].[Na+]. The first-order valence-electron chi connectivity index (χ1n) is 0.730. The zero-order valence-electron chi connectivity index (χ0n) is 5.79. The molecule has 0 aliphatic heterocycles. The molecule has 0 heterocycles. The molecule has 0 aromatic heterocycles. The van der Waals surface area contributed by atoms with Crippen molar-refractivity contribution >= 4 is 7.82 Å². The Kier molecular flexibility index (Phi) is 45.4. The Bertz CT molecular complexity index is 66.7. The Morgan fingerprint density at radius 2 is 1.11 bits per heavy atom. The van der Waals surface area contributed by atoms with Crippen molar-refractivity contribution in [3.63, 3.8) is 0 Å². The molecule has 0 aromatic rings. The summed E-state index contributed by atoms with van der Waals surface area (Å²) in [5.74, 6) is 0. The van der Waals surface area contributed by atoms with Crippen molar-refractivity contribution < 1.29 is 119 Å². The average Bonchev–Trinajstić information content (AvgIpc) is 0.722. The minimum absolute atomic E-state index is 0. The molecule has 0 spiro atoms. The Hall–Kier alpha value is 3.30. The summed E-state index contributed by atoms with van der Waals surface area (Å²) in [6, 6.07) is 0. The van der Waals surface area contributed by atoms with E-state index in [-0.39, 0.29) is 106 Å². The van der Waals surface area contributed by atoms with Gasteiger partial charge in [-0.05, 0) is 0 Å². The normalized spacial score (nSPS) is 6.56. The molecule has 0 rings (SSSR count). The van der Waals surface area contributed by atoms with Gasteiger partial charge in [-0.25, -0.2) is 0 Å². The molecule has 0 saturated heterocycles. The van der Waals surface area contributed by atoms with E-state index in [0.29, 0.717) is 0 Å². The van der Waals surface area contributed by atoms with Crippen LogP contribution in [0.5, 0.6) is 0 Å². The first kappa shape index (κ1) is 29.5. The van der Waals surface area contributed by atoms with Gasteiger partial charge in [-0.2, -0.15) is 7.82 Å². The number of phosphoric acid groups is 1. The van der Waals surface area contributed by atoms with Crippen LogP contribution >= 0.6 is 7.82 Å². The largest absolute Gasteiger partial charge is 1.00 e. The first-order valence-corrected chi connectivity index (χ1v) is 2.19. The minimum Gasteiger partial charge on any atom is -0.822 e. The van der Waals surface area contributed by atoms with Gasteiger partial charge in [-0.1, -0.05) is 0 Å². The van der Waals surface area contributed by atoms with Crippen LogP contribution in [0.4, 0.5) is 0 Å². The van der Waals surface area contributed by atoms with Gasteiger partial charge in [0.2, 0.25) is 0 Å². The Labute approximate surface area is 130 Å². The summed E-state index contributed by atoms with van der Waals surface area (Å²) in [7, 11) is -5.39. The molecule has 0 unspecified atom stereocenters. The van der Waals surface area contributed by atoms with Gasteiger partial charge in [-0.15, -0.1) is 0 Å². The van der Waals surface area contributed by atoms with Crippen LogP contribution in [0.25, 0.3) is 0 Å². The van der Waals surface area contributed by atoms with Gasteiger partial charge in [0.05, 0.1) is 0 Å². The molecule has 40 valence electrons. The van der Waals surface area contributed by atoms with Crippen LogP contribution in [0.15, 0.2) is 0 Å². The summed E-state index contributed by atoms with van der Waals surface area (Å²) in [4.78, 5) is 25.6. The molecule has 0 aromatic carbocycles. The third kappa shape index (κ3) is 89.6. The van der Waals surface area contributed by atoms with Crippen LogP contribution in [-0.4, -0.2) is 0 Å². The van der Waals surface area contributed by atoms with Crippen LogP contribution in [0.2, 0.25) is 0 Å². The minimum atomic E-state index is -5.39. The molecule has 0 saturated carbocycles. The number of rotatable bonds is 0. The summed E-state index contributed by atoms with van der Waals surface area (Å²) in [6.07, 6.45) is 0. The van der Waals surface area contributed by atoms with Gasteiger partial charge < -0.3 is 25.4 Å². The van der Waals surface area contributed by atoms with Crippen molar-refractivity contribution in [2.24, 2.45) is 0 Å². The van der Waals surface area contributed by atoms with E-state index in [9.17, 15) is 0 Å². The molecule has 0 aliphatic rings. The third-order valence-corrected chi connectivity index (χ3v) is 0. The molecule has 0 atom stereocenters. The second-order valence-corrected chi connectivity index (χ2v) is 1.34. The van der Waals surface area contributed by atoms with Gasteiger partial charge in [0.25, 0.3) is 0 Å². The molecular formula is H3KLiNNaO4P. The fourth-order valence-corrected chi connectivity index (χ4v) is 0. The van der Waals surface area contributed by atoms with Crippen LogP contribution in [-0.2, 0) is 4.57 Å². The first-order chi connectivity index (χ1) is 2.00. The predicted octanol–water partition coefficient (Wildman–Crippen LogP) is -11.7. The van der Waals surface area contributed by atoms with E-state index in [2.05, 4.69) is 0 Å². The van der Waals surface area contributed by atoms with Crippen molar-refractivity contribution in [1.29, 1.82) is 0 Å². The zero-order chi connectivity index (χ0) is 4.50. The third-order valence-electron chi connectivity index (χ3n) is 0. The molecule has 0 fully saturated rings. The molecule has 9 heteroatoms. The zero-order valence-corrected chi connectivity index (χ0v) is 11.8. The summed E-state index contributed by atoms with van der Waals surface area (Å²) < 4.78 is 8.55. The second kappa shape index (κ2) is 13.9. The topological polar surface area (TPSA) is 121 Å². The van der Waals surface area contributed by atoms with Crippen LogP contribution in [0.1, 0.15) is 0 Å². The van der Waals surface area contributed by atoms with E-state index >= 15 is 0 Å². The quantitative estimate of drug-likeness (QED) is 0.293. The molecule has 0 aliphatic carbocycles. The summed E-state index contributed by atoms with van der Waals surface area (Å²) in [5, 5.41) is 0. The van der Waals surface area contributed by atoms with Gasteiger partial charge in [0.1, 0.15) is 0 Å². The molecule has 0 bridgehead atoms. The molecule has 5 nitrogen and oxygen atoms in total. The monoisotopic (exact) mass is 181 g/mol. The van der Waals surface area contributed by atoms with Crippen LogP contribution in [0, 0.1) is 0 Å². The second-order valence-electron chi connectivity index (χ2n) is 0.447. The van der Waals surface area contributed by atoms with Crippen LogP contribution in [0.3, 0.4) is 0 Å². The maximum Gasteiger partial charge on any atom is 1.00 e. The fourth-order valence-electron chi connectivity index (χ4n) is 0. The van der Waals surface area contributed by atoms with Crippen molar-refractivity contribution in [3.8, 4) is 0 Å². The predicted molar refractivity (Wildman–Crippen MR) is 12.6 cm³/mol. The maximum atomic E-state index is 8.55. The fraction of sp³-hybridized carbons (Fsp3) is 0. The molecular weight excluding hydrogens is 178 g/mol. The van der Waals surface area contributed by atoms with Crippen molar-refractivity contribution in [2.75, 3.05) is 0 Å². The smallest absolute Gasteiger partial charge is 0.822 e. The molecule has 9 heavy (non-hydrogen) atoms. The molecule has 0 radical (unpaired) electrons. The van der Waals surface area contributed by atoms with E-state index in [4.69, 9.17) is 19.2 Å². The van der Waals surface area contributed by atoms with Gasteiger partial charge >= 0.3 is 99.8 Å². The standard InChI is InChI=1S/K.Li.H3N.Na.H3O4P/c;;;;1-5(2,3)4/h;;1H3;;(H3,1,2,3,4)/q2*+1;;+1;/p-3. The number of hydrogen-bond donors (Lipinski definition) is 1. The summed E-state index contributed by atoms with van der Waals surface area (Å²) in [6.45, 7) is 0. The van der Waals surface area contributed by atoms with E-state index < -0.39 is 7.82 Å². The van der Waals surface area contributed by atoms with E-state index in [1.54, 1.807) is 0 Å². The Balaban J connectivity index is -0.0000000133. The summed E-state index contributed by atoms with van der Waals surface area (Å²) in [5.41, 5.74) is 0. The average molecular weight is 181 g/mol. The maximum absolute atomic E-state index is 8.55. The summed E-state index contributed by atoms with van der Waals surface area (Å²) >= 11 is 0. The molecule has 3 N–H and O–H groups in total. The Morgan fingerprint density at radius 3 is 1.11 bits per heavy atom. The van der Waals surface area contributed by atoms with Gasteiger partial charge in [-0.3, -0.25) is 0 Å². The van der Waals surface area contributed by atoms with Crippen molar-refractivity contribution in [2.45, 2.75) is 0 Å². The van der Waals surface area contributed by atoms with Gasteiger partial charge in [0, 0.05) is 0 Å². The number of hydrogen-bond acceptors (Lipinski definition) is 5. The van der Waals surface area contributed by atoms with E-state index in [0.717, 1.165) is 0 Å². The van der Waals surface area contributed by atoms with E-state index in [1.165, 1.54) is 0 Å². The van der Waals surface area contributed by atoms with Crippen molar-refractivity contribution in [3.05, 3.63) is 0 Å². The van der Waals surface area contributed by atoms with Crippen molar-refractivity contribution in [1.82, 2.24) is 6.15 Å². The Morgan fingerprint density at radius 1 is 1.11 bits per heavy atom. The van der Waals surface area contributed by atoms with Crippen LogP contribution < -0.4 is 121 Å². The molecule has 0 amide bonds.